The molecule has 2 heterocycles. The zero-order chi connectivity index (χ0) is 20.9. The molecule has 2 aliphatic heterocycles. The molecule has 2 aromatic rings. The molecule has 2 aliphatic rings. The van der Waals surface area contributed by atoms with Crippen LogP contribution in [0.3, 0.4) is 0 Å². The van der Waals surface area contributed by atoms with Gasteiger partial charge in [0.1, 0.15) is 0 Å². The Morgan fingerprint density at radius 2 is 1.80 bits per heavy atom. The number of nitrogens with one attached hydrogen (secondary N) is 2. The van der Waals surface area contributed by atoms with Crippen LogP contribution in [0.4, 0.5) is 17.1 Å². The van der Waals surface area contributed by atoms with Gasteiger partial charge in [-0.2, -0.15) is 0 Å². The fourth-order valence-corrected chi connectivity index (χ4v) is 4.25. The molecule has 4 rings (SSSR count). The number of carbonyl (C=O) groups is 2. The predicted molar refractivity (Wildman–Crippen MR) is 121 cm³/mol. The molecule has 0 radical (unpaired) electrons. The molecule has 158 valence electrons. The molecule has 0 spiro atoms. The van der Waals surface area contributed by atoms with Crippen LogP contribution < -0.4 is 15.5 Å². The van der Waals surface area contributed by atoms with Crippen LogP contribution in [0.25, 0.3) is 0 Å². The first-order valence-corrected chi connectivity index (χ1v) is 10.9. The van der Waals surface area contributed by atoms with E-state index in [0.717, 1.165) is 49.7 Å². The van der Waals surface area contributed by atoms with Crippen molar-refractivity contribution in [1.29, 1.82) is 0 Å². The maximum absolute atomic E-state index is 12.4. The van der Waals surface area contributed by atoms with Gasteiger partial charge in [0.15, 0.2) is 0 Å². The number of hydrogen-bond acceptors (Lipinski definition) is 4. The molecule has 0 aliphatic carbocycles. The number of piperazine rings is 1. The largest absolute Gasteiger partial charge is 0.369 e. The molecule has 30 heavy (non-hydrogen) atoms. The number of rotatable bonds is 6. The molecule has 1 fully saturated rings. The Morgan fingerprint density at radius 3 is 2.53 bits per heavy atom. The van der Waals surface area contributed by atoms with Gasteiger partial charge in [0, 0.05) is 55.6 Å². The van der Waals surface area contributed by atoms with Crippen molar-refractivity contribution in [2.45, 2.75) is 26.2 Å². The molecule has 0 aromatic heterocycles. The summed E-state index contributed by atoms with van der Waals surface area (Å²) in [5.41, 5.74) is 4.02. The van der Waals surface area contributed by atoms with Crippen LogP contribution in [0.1, 0.15) is 25.3 Å². The number of benzene rings is 2. The average Bonchev–Trinajstić information content (AvgIpc) is 2.78. The lowest BCUT2D eigenvalue weighted by Crippen LogP contribution is -2.46. The van der Waals surface area contributed by atoms with Gasteiger partial charge in [-0.15, -0.1) is 0 Å². The molecule has 6 nitrogen and oxygen atoms in total. The molecule has 2 N–H and O–H groups in total. The molecule has 6 heteroatoms. The fraction of sp³-hybridized carbons (Fsp3) is 0.417. The standard InChI is InChI=1S/C24H30N4O2/c1-2-27-13-15-28(16-14-27)21-10-8-20(9-11-21)25-23(29)12-7-19-17-18-5-3-4-6-22(18)26-24(19)30/h3-6,8-11,19H,2,7,12-17H2,1H3,(H,25,29)(H,26,30)/t19-/m1/s1. The molecule has 0 saturated carbocycles. The Morgan fingerprint density at radius 1 is 1.07 bits per heavy atom. The van der Waals surface area contributed by atoms with Crippen molar-refractivity contribution in [3.63, 3.8) is 0 Å². The van der Waals surface area contributed by atoms with Crippen LogP contribution in [0.2, 0.25) is 0 Å². The number of fused-ring (bicyclic) bond motifs is 1. The summed E-state index contributed by atoms with van der Waals surface area (Å²) in [6, 6.07) is 15.9. The van der Waals surface area contributed by atoms with Crippen molar-refractivity contribution in [2.24, 2.45) is 5.92 Å². The van der Waals surface area contributed by atoms with Crippen molar-refractivity contribution in [2.75, 3.05) is 48.3 Å². The third kappa shape index (κ3) is 4.82. The number of amides is 2. The summed E-state index contributed by atoms with van der Waals surface area (Å²) in [7, 11) is 0. The summed E-state index contributed by atoms with van der Waals surface area (Å²) in [4.78, 5) is 29.5. The monoisotopic (exact) mass is 406 g/mol. The number of hydrogen-bond donors (Lipinski definition) is 2. The van der Waals surface area contributed by atoms with Crippen LogP contribution in [0, 0.1) is 5.92 Å². The van der Waals surface area contributed by atoms with Gasteiger partial charge < -0.3 is 20.4 Å². The third-order valence-electron chi connectivity index (χ3n) is 6.17. The number of para-hydroxylation sites is 1. The topological polar surface area (TPSA) is 64.7 Å². The van der Waals surface area contributed by atoms with Gasteiger partial charge in [-0.1, -0.05) is 25.1 Å². The van der Waals surface area contributed by atoms with Crippen LogP contribution in [0.15, 0.2) is 48.5 Å². The smallest absolute Gasteiger partial charge is 0.227 e. The minimum absolute atomic E-state index is 0.00835. The summed E-state index contributed by atoms with van der Waals surface area (Å²) in [6.45, 7) is 7.56. The average molecular weight is 407 g/mol. The highest BCUT2D eigenvalue weighted by molar-refractivity contribution is 5.96. The zero-order valence-corrected chi connectivity index (χ0v) is 17.6. The second-order valence-corrected chi connectivity index (χ2v) is 8.10. The minimum Gasteiger partial charge on any atom is -0.369 e. The molecule has 0 unspecified atom stereocenters. The van der Waals surface area contributed by atoms with E-state index in [-0.39, 0.29) is 17.7 Å². The zero-order valence-electron chi connectivity index (χ0n) is 17.6. The molecule has 2 aromatic carbocycles. The van der Waals surface area contributed by atoms with Gasteiger partial charge >= 0.3 is 0 Å². The van der Waals surface area contributed by atoms with Crippen molar-refractivity contribution >= 4 is 28.9 Å². The second kappa shape index (κ2) is 9.30. The minimum atomic E-state index is -0.158. The van der Waals surface area contributed by atoms with E-state index in [1.54, 1.807) is 0 Å². The molecular weight excluding hydrogens is 376 g/mol. The van der Waals surface area contributed by atoms with Crippen molar-refractivity contribution in [3.05, 3.63) is 54.1 Å². The van der Waals surface area contributed by atoms with E-state index in [0.29, 0.717) is 19.3 Å². The number of likely N-dealkylation sites (N-methyl/N-ethyl adjacent to an activating group) is 1. The number of nitrogens with zero attached hydrogens (tertiary/aromatic N) is 2. The van der Waals surface area contributed by atoms with Gasteiger partial charge in [-0.05, 0) is 55.3 Å². The summed E-state index contributed by atoms with van der Waals surface area (Å²) in [5.74, 6) is -0.199. The van der Waals surface area contributed by atoms with Crippen LogP contribution in [-0.2, 0) is 16.0 Å². The summed E-state index contributed by atoms with van der Waals surface area (Å²) >= 11 is 0. The van der Waals surface area contributed by atoms with Gasteiger partial charge in [0.05, 0.1) is 0 Å². The highest BCUT2D eigenvalue weighted by Gasteiger charge is 2.26. The van der Waals surface area contributed by atoms with Gasteiger partial charge in [0.25, 0.3) is 0 Å². The summed E-state index contributed by atoms with van der Waals surface area (Å²) in [6.07, 6.45) is 1.57. The predicted octanol–water partition coefficient (Wildman–Crippen LogP) is 3.36. The van der Waals surface area contributed by atoms with Gasteiger partial charge in [-0.25, -0.2) is 0 Å². The van der Waals surface area contributed by atoms with E-state index < -0.39 is 0 Å². The Balaban J connectivity index is 1.26. The lowest BCUT2D eigenvalue weighted by atomic mass is 9.89. The first-order valence-electron chi connectivity index (χ1n) is 10.9. The van der Waals surface area contributed by atoms with E-state index in [1.807, 2.05) is 36.4 Å². The first-order chi connectivity index (χ1) is 14.6. The molecule has 1 atom stereocenters. The van der Waals surface area contributed by atoms with Gasteiger partial charge in [0.2, 0.25) is 11.8 Å². The molecule has 2 amide bonds. The first kappa shape index (κ1) is 20.4. The lowest BCUT2D eigenvalue weighted by molar-refractivity contribution is -0.121. The highest BCUT2D eigenvalue weighted by atomic mass is 16.2. The van der Waals surface area contributed by atoms with E-state index in [9.17, 15) is 9.59 Å². The highest BCUT2D eigenvalue weighted by Crippen LogP contribution is 2.27. The van der Waals surface area contributed by atoms with E-state index in [1.165, 1.54) is 5.69 Å². The summed E-state index contributed by atoms with van der Waals surface area (Å²) in [5, 5.41) is 5.91. The summed E-state index contributed by atoms with van der Waals surface area (Å²) < 4.78 is 0. The molecule has 0 bridgehead atoms. The Bertz CT molecular complexity index is 888. The van der Waals surface area contributed by atoms with E-state index in [2.05, 4.69) is 39.5 Å². The maximum Gasteiger partial charge on any atom is 0.227 e. The van der Waals surface area contributed by atoms with Crippen molar-refractivity contribution in [3.8, 4) is 0 Å². The van der Waals surface area contributed by atoms with Crippen molar-refractivity contribution in [1.82, 2.24) is 4.90 Å². The maximum atomic E-state index is 12.4. The van der Waals surface area contributed by atoms with E-state index in [4.69, 9.17) is 0 Å². The molecular formula is C24H30N4O2. The van der Waals surface area contributed by atoms with Crippen LogP contribution in [0.5, 0.6) is 0 Å². The Labute approximate surface area is 178 Å². The third-order valence-corrected chi connectivity index (χ3v) is 6.17. The van der Waals surface area contributed by atoms with E-state index >= 15 is 0 Å². The van der Waals surface area contributed by atoms with Crippen LogP contribution >= 0.6 is 0 Å². The van der Waals surface area contributed by atoms with Crippen molar-refractivity contribution < 1.29 is 9.59 Å². The fourth-order valence-electron chi connectivity index (χ4n) is 4.25. The van der Waals surface area contributed by atoms with Crippen LogP contribution in [-0.4, -0.2) is 49.4 Å². The molecule has 1 saturated heterocycles. The Kier molecular flexibility index (Phi) is 6.33. The number of carbonyl (C=O) groups excluding carboxylic acids is 2. The lowest BCUT2D eigenvalue weighted by Gasteiger charge is -2.35. The normalized spacial score (nSPS) is 19.2. The quantitative estimate of drug-likeness (QED) is 0.772. The SMILES string of the molecule is CCN1CCN(c2ccc(NC(=O)CC[C@@H]3Cc4ccccc4NC3=O)cc2)CC1. The van der Waals surface area contributed by atoms with Gasteiger partial charge in [-0.3, -0.25) is 9.59 Å². The second-order valence-electron chi connectivity index (χ2n) is 8.10. The Hall–Kier alpha value is -2.86. The number of anilines is 3.